The van der Waals surface area contributed by atoms with Crippen molar-refractivity contribution >= 4 is 5.97 Å². The van der Waals surface area contributed by atoms with Crippen LogP contribution in [0, 0.1) is 17.8 Å². The number of carbonyl (C=O) groups is 1. The van der Waals surface area contributed by atoms with Gasteiger partial charge in [-0.05, 0) is 56.8 Å². The van der Waals surface area contributed by atoms with E-state index in [1.165, 1.54) is 19.3 Å². The van der Waals surface area contributed by atoms with Gasteiger partial charge in [0.05, 0.1) is 5.92 Å². The smallest absolute Gasteiger partial charge is 0.309 e. The molecule has 2 unspecified atom stereocenters. The predicted molar refractivity (Wildman–Crippen MR) is 77.8 cm³/mol. The lowest BCUT2D eigenvalue weighted by atomic mass is 9.87. The Morgan fingerprint density at radius 2 is 1.95 bits per heavy atom. The third-order valence-corrected chi connectivity index (χ3v) is 4.91. The first kappa shape index (κ1) is 14.6. The van der Waals surface area contributed by atoms with Crippen LogP contribution in [-0.2, 0) is 9.53 Å². The van der Waals surface area contributed by atoms with Gasteiger partial charge in [-0.25, -0.2) is 0 Å². The molecule has 0 spiro atoms. The van der Waals surface area contributed by atoms with Crippen molar-refractivity contribution in [3.05, 3.63) is 12.7 Å². The summed E-state index contributed by atoms with van der Waals surface area (Å²) in [7, 11) is 0. The van der Waals surface area contributed by atoms with E-state index in [4.69, 9.17) is 4.74 Å². The second-order valence-electron chi connectivity index (χ2n) is 6.37. The third kappa shape index (κ3) is 4.09. The summed E-state index contributed by atoms with van der Waals surface area (Å²) in [6, 6.07) is 0. The molecule has 0 N–H and O–H groups in total. The fraction of sp³-hybridized carbons (Fsp3) is 0.824. The van der Waals surface area contributed by atoms with Gasteiger partial charge in [0.2, 0.25) is 0 Å². The lowest BCUT2D eigenvalue weighted by Gasteiger charge is -2.27. The van der Waals surface area contributed by atoms with Crippen molar-refractivity contribution in [2.24, 2.45) is 17.8 Å². The average molecular weight is 264 g/mol. The second kappa shape index (κ2) is 7.12. The molecule has 2 nitrogen and oxygen atoms in total. The maximum atomic E-state index is 12.2. The number of esters is 1. The van der Waals surface area contributed by atoms with Gasteiger partial charge >= 0.3 is 5.97 Å². The topological polar surface area (TPSA) is 26.3 Å². The van der Waals surface area contributed by atoms with Gasteiger partial charge in [0, 0.05) is 0 Å². The van der Waals surface area contributed by atoms with Crippen LogP contribution < -0.4 is 0 Å². The van der Waals surface area contributed by atoms with Crippen molar-refractivity contribution in [3.8, 4) is 0 Å². The van der Waals surface area contributed by atoms with Crippen LogP contribution in [0.5, 0.6) is 0 Å². The van der Waals surface area contributed by atoms with E-state index in [1.807, 2.05) is 6.08 Å². The lowest BCUT2D eigenvalue weighted by molar-refractivity contribution is -0.155. The third-order valence-electron chi connectivity index (χ3n) is 4.91. The lowest BCUT2D eigenvalue weighted by Crippen LogP contribution is -2.27. The van der Waals surface area contributed by atoms with Crippen LogP contribution in [0.3, 0.4) is 0 Å². The molecule has 2 fully saturated rings. The van der Waals surface area contributed by atoms with E-state index in [-0.39, 0.29) is 18.0 Å². The molecule has 2 atom stereocenters. The van der Waals surface area contributed by atoms with Crippen LogP contribution in [0.25, 0.3) is 0 Å². The molecule has 0 saturated heterocycles. The van der Waals surface area contributed by atoms with Gasteiger partial charge in [0.25, 0.3) is 0 Å². The summed E-state index contributed by atoms with van der Waals surface area (Å²) in [5, 5.41) is 0. The van der Waals surface area contributed by atoms with Crippen LogP contribution in [0.4, 0.5) is 0 Å². The van der Waals surface area contributed by atoms with Crippen molar-refractivity contribution in [2.75, 3.05) is 0 Å². The predicted octanol–water partition coefficient (Wildman–Crippen LogP) is 4.49. The summed E-state index contributed by atoms with van der Waals surface area (Å²) in [5.74, 6) is 1.67. The van der Waals surface area contributed by atoms with Crippen LogP contribution >= 0.6 is 0 Å². The molecule has 0 aromatic rings. The van der Waals surface area contributed by atoms with Crippen molar-refractivity contribution in [1.29, 1.82) is 0 Å². The molecule has 0 aromatic heterocycles. The molecular formula is C17H28O2. The second-order valence-corrected chi connectivity index (χ2v) is 6.37. The molecule has 0 radical (unpaired) electrons. The number of allylic oxidation sites excluding steroid dienone is 1. The maximum Gasteiger partial charge on any atom is 0.309 e. The van der Waals surface area contributed by atoms with Gasteiger partial charge in [-0.15, -0.1) is 6.58 Å². The van der Waals surface area contributed by atoms with Gasteiger partial charge in [-0.3, -0.25) is 4.79 Å². The number of ether oxygens (including phenoxy) is 1. The molecule has 0 aliphatic heterocycles. The first-order valence-corrected chi connectivity index (χ1v) is 8.06. The summed E-state index contributed by atoms with van der Waals surface area (Å²) in [6.45, 7) is 6.08. The van der Waals surface area contributed by atoms with E-state index in [2.05, 4.69) is 13.5 Å². The van der Waals surface area contributed by atoms with E-state index in [1.54, 1.807) is 0 Å². The minimum atomic E-state index is 0.0839. The fourth-order valence-corrected chi connectivity index (χ4v) is 3.66. The molecule has 2 heteroatoms. The van der Waals surface area contributed by atoms with Crippen LogP contribution in [-0.4, -0.2) is 12.1 Å². The molecule has 0 heterocycles. The summed E-state index contributed by atoms with van der Waals surface area (Å²) in [4.78, 5) is 12.2. The van der Waals surface area contributed by atoms with Crippen molar-refractivity contribution in [3.63, 3.8) is 0 Å². The standard InChI is InChI=1S/C17H28O2/c1-3-5-14-6-9-15(12-14)17(18)19-16-10-7-13(4-2)8-11-16/h4,13-16H,2-3,5-12H2,1H3. The molecule has 0 bridgehead atoms. The minimum Gasteiger partial charge on any atom is -0.462 e. The molecule has 0 amide bonds. The molecular weight excluding hydrogens is 236 g/mol. The van der Waals surface area contributed by atoms with Crippen molar-refractivity contribution in [2.45, 2.75) is 70.8 Å². The first-order chi connectivity index (χ1) is 9.22. The maximum absolute atomic E-state index is 12.2. The Kier molecular flexibility index (Phi) is 5.47. The summed E-state index contributed by atoms with van der Waals surface area (Å²) in [6.07, 6.45) is 12.4. The Morgan fingerprint density at radius 3 is 2.58 bits per heavy atom. The van der Waals surface area contributed by atoms with E-state index >= 15 is 0 Å². The quantitative estimate of drug-likeness (QED) is 0.540. The normalized spacial score (nSPS) is 35.0. The monoisotopic (exact) mass is 264 g/mol. The van der Waals surface area contributed by atoms with E-state index < -0.39 is 0 Å². The Labute approximate surface area is 117 Å². The number of carbonyl (C=O) groups excluding carboxylic acids is 1. The largest absolute Gasteiger partial charge is 0.462 e. The van der Waals surface area contributed by atoms with E-state index in [0.717, 1.165) is 44.4 Å². The van der Waals surface area contributed by atoms with Gasteiger partial charge in [0.15, 0.2) is 0 Å². The van der Waals surface area contributed by atoms with Crippen LogP contribution in [0.15, 0.2) is 12.7 Å². The van der Waals surface area contributed by atoms with Gasteiger partial charge < -0.3 is 4.74 Å². The van der Waals surface area contributed by atoms with Crippen molar-refractivity contribution < 1.29 is 9.53 Å². The van der Waals surface area contributed by atoms with Gasteiger partial charge in [-0.2, -0.15) is 0 Å². The number of hydrogen-bond acceptors (Lipinski definition) is 2. The van der Waals surface area contributed by atoms with Crippen LogP contribution in [0.2, 0.25) is 0 Å². The number of hydrogen-bond donors (Lipinski definition) is 0. The fourth-order valence-electron chi connectivity index (χ4n) is 3.66. The molecule has 2 aliphatic rings. The van der Waals surface area contributed by atoms with Gasteiger partial charge in [-0.1, -0.05) is 25.8 Å². The highest BCUT2D eigenvalue weighted by atomic mass is 16.5. The highest BCUT2D eigenvalue weighted by molar-refractivity contribution is 5.73. The van der Waals surface area contributed by atoms with Gasteiger partial charge in [0.1, 0.15) is 6.10 Å². The average Bonchev–Trinajstić information content (AvgIpc) is 2.89. The Morgan fingerprint density at radius 1 is 1.21 bits per heavy atom. The number of rotatable bonds is 5. The van der Waals surface area contributed by atoms with E-state index in [9.17, 15) is 4.79 Å². The molecule has 0 aromatic carbocycles. The summed E-state index contributed by atoms with van der Waals surface area (Å²) >= 11 is 0. The highest BCUT2D eigenvalue weighted by Gasteiger charge is 2.32. The summed E-state index contributed by atoms with van der Waals surface area (Å²) < 4.78 is 5.72. The molecule has 2 aliphatic carbocycles. The zero-order valence-corrected chi connectivity index (χ0v) is 12.3. The molecule has 2 rings (SSSR count). The molecule has 19 heavy (non-hydrogen) atoms. The zero-order valence-electron chi connectivity index (χ0n) is 12.3. The van der Waals surface area contributed by atoms with E-state index in [0.29, 0.717) is 5.92 Å². The molecule has 108 valence electrons. The SMILES string of the molecule is C=CC1CCC(OC(=O)C2CCC(CCC)C2)CC1. The summed E-state index contributed by atoms with van der Waals surface area (Å²) in [5.41, 5.74) is 0. The molecule has 2 saturated carbocycles. The Bertz CT molecular complexity index is 302. The zero-order chi connectivity index (χ0) is 13.7. The van der Waals surface area contributed by atoms with Crippen LogP contribution in [0.1, 0.15) is 64.7 Å². The van der Waals surface area contributed by atoms with Crippen molar-refractivity contribution in [1.82, 2.24) is 0 Å². The first-order valence-electron chi connectivity index (χ1n) is 8.06. The highest BCUT2D eigenvalue weighted by Crippen LogP contribution is 2.35. The Balaban J connectivity index is 1.71. The Hall–Kier alpha value is -0.790. The minimum absolute atomic E-state index is 0.0839.